The molecule has 2 aliphatic heterocycles. The zero-order valence-electron chi connectivity index (χ0n) is 19.6. The Morgan fingerprint density at radius 3 is 2.64 bits per heavy atom. The molecule has 2 aromatic rings. The molecule has 1 spiro atoms. The van der Waals surface area contributed by atoms with Crippen molar-refractivity contribution in [2.45, 2.75) is 61.7 Å². The summed E-state index contributed by atoms with van der Waals surface area (Å²) in [6.45, 7) is 3.93. The van der Waals surface area contributed by atoms with E-state index in [9.17, 15) is 4.79 Å². The molecule has 0 radical (unpaired) electrons. The van der Waals surface area contributed by atoms with Crippen LogP contribution in [0.5, 0.6) is 11.5 Å². The van der Waals surface area contributed by atoms with Crippen LogP contribution in [0.15, 0.2) is 42.5 Å². The Kier molecular flexibility index (Phi) is 5.42. The van der Waals surface area contributed by atoms with Crippen LogP contribution in [0.25, 0.3) is 0 Å². The SMILES string of the molecule is Br.COc1ccc2c3c1O[C@@]1(C)C(=O)CCC4(OC)[C@@H](C2)N(CCc2ccccc2)CC[C@@]341. The number of benzene rings is 2. The summed E-state index contributed by atoms with van der Waals surface area (Å²) < 4.78 is 18.9. The van der Waals surface area contributed by atoms with Gasteiger partial charge in [0, 0.05) is 31.7 Å². The highest BCUT2D eigenvalue weighted by atomic mass is 79.9. The number of halogens is 1. The molecular formula is C27H32BrNO4. The third kappa shape index (κ3) is 2.69. The van der Waals surface area contributed by atoms with Crippen molar-refractivity contribution in [3.63, 3.8) is 0 Å². The molecule has 2 heterocycles. The first kappa shape index (κ1) is 22.9. The van der Waals surface area contributed by atoms with Gasteiger partial charge in [-0.2, -0.15) is 0 Å². The highest BCUT2D eigenvalue weighted by molar-refractivity contribution is 8.93. The van der Waals surface area contributed by atoms with E-state index in [4.69, 9.17) is 14.2 Å². The van der Waals surface area contributed by atoms with Crippen molar-refractivity contribution in [2.24, 2.45) is 0 Å². The minimum Gasteiger partial charge on any atom is -0.493 e. The molecule has 1 saturated heterocycles. The number of nitrogens with zero attached hydrogens (tertiary/aromatic N) is 1. The van der Waals surface area contributed by atoms with Gasteiger partial charge in [-0.05, 0) is 56.3 Å². The van der Waals surface area contributed by atoms with E-state index in [1.54, 1.807) is 7.11 Å². The van der Waals surface area contributed by atoms with Crippen LogP contribution < -0.4 is 9.47 Å². The maximum Gasteiger partial charge on any atom is 0.177 e. The highest BCUT2D eigenvalue weighted by Gasteiger charge is 2.78. The summed E-state index contributed by atoms with van der Waals surface area (Å²) in [5.74, 6) is 1.67. The Labute approximate surface area is 206 Å². The van der Waals surface area contributed by atoms with Crippen LogP contribution in [-0.2, 0) is 27.8 Å². The smallest absolute Gasteiger partial charge is 0.177 e. The van der Waals surface area contributed by atoms with Gasteiger partial charge in [-0.15, -0.1) is 17.0 Å². The van der Waals surface area contributed by atoms with E-state index < -0.39 is 16.6 Å². The predicted molar refractivity (Wildman–Crippen MR) is 132 cm³/mol. The molecule has 6 heteroatoms. The van der Waals surface area contributed by atoms with Crippen LogP contribution in [0.3, 0.4) is 0 Å². The molecule has 2 bridgehead atoms. The number of ketones is 1. The van der Waals surface area contributed by atoms with Crippen molar-refractivity contribution >= 4 is 22.8 Å². The Hall–Kier alpha value is -1.89. The molecule has 0 aromatic heterocycles. The van der Waals surface area contributed by atoms with Gasteiger partial charge in [0.15, 0.2) is 22.9 Å². The number of hydrogen-bond acceptors (Lipinski definition) is 5. The first-order valence-electron chi connectivity index (χ1n) is 11.8. The van der Waals surface area contributed by atoms with Crippen LogP contribution in [0.2, 0.25) is 0 Å². The Bertz CT molecular complexity index is 1090. The normalized spacial score (nSPS) is 33.7. The van der Waals surface area contributed by atoms with E-state index >= 15 is 0 Å². The monoisotopic (exact) mass is 513 g/mol. The van der Waals surface area contributed by atoms with Gasteiger partial charge in [0.1, 0.15) is 0 Å². The molecule has 4 atom stereocenters. The first-order valence-corrected chi connectivity index (χ1v) is 11.8. The molecule has 0 N–H and O–H groups in total. The number of carbonyl (C=O) groups is 1. The van der Waals surface area contributed by atoms with Gasteiger partial charge in [-0.1, -0.05) is 36.4 Å². The topological polar surface area (TPSA) is 48.0 Å². The molecule has 176 valence electrons. The summed E-state index contributed by atoms with van der Waals surface area (Å²) >= 11 is 0. The van der Waals surface area contributed by atoms with Crippen molar-refractivity contribution in [3.8, 4) is 11.5 Å². The van der Waals surface area contributed by atoms with E-state index in [1.807, 2.05) is 20.1 Å². The quantitative estimate of drug-likeness (QED) is 0.596. The average molecular weight is 514 g/mol. The fraction of sp³-hybridized carbons (Fsp3) is 0.519. The van der Waals surface area contributed by atoms with Crippen molar-refractivity contribution in [1.29, 1.82) is 0 Å². The number of carbonyl (C=O) groups excluding carboxylic acids is 1. The van der Waals surface area contributed by atoms with E-state index in [1.165, 1.54) is 16.7 Å². The lowest BCUT2D eigenvalue weighted by atomic mass is 9.45. The van der Waals surface area contributed by atoms with Gasteiger partial charge in [-0.3, -0.25) is 9.69 Å². The van der Waals surface area contributed by atoms with Crippen molar-refractivity contribution < 1.29 is 19.0 Å². The second kappa shape index (κ2) is 7.82. The summed E-state index contributed by atoms with van der Waals surface area (Å²) in [6, 6.07) is 15.1. The molecule has 1 unspecified atom stereocenters. The maximum absolute atomic E-state index is 13.5. The summed E-state index contributed by atoms with van der Waals surface area (Å²) in [7, 11) is 3.52. The zero-order valence-corrected chi connectivity index (χ0v) is 21.3. The molecule has 2 aromatic carbocycles. The number of likely N-dealkylation sites (tertiary alicyclic amines) is 1. The van der Waals surface area contributed by atoms with Crippen LogP contribution in [0.1, 0.15) is 42.9 Å². The van der Waals surface area contributed by atoms with Crippen molar-refractivity contribution in [2.75, 3.05) is 27.3 Å². The molecule has 1 saturated carbocycles. The number of piperidine rings is 1. The predicted octanol–water partition coefficient (Wildman–Crippen LogP) is 4.28. The molecule has 4 aliphatic rings. The third-order valence-electron chi connectivity index (χ3n) is 9.01. The van der Waals surface area contributed by atoms with E-state index in [0.717, 1.165) is 50.3 Å². The minimum atomic E-state index is -0.919. The number of rotatable bonds is 5. The second-order valence-electron chi connectivity index (χ2n) is 9.93. The fourth-order valence-electron chi connectivity index (χ4n) is 7.58. The number of methoxy groups -OCH3 is 2. The van der Waals surface area contributed by atoms with Gasteiger partial charge in [-0.25, -0.2) is 0 Å². The van der Waals surface area contributed by atoms with Gasteiger partial charge in [0.25, 0.3) is 0 Å². The standard InChI is InChI=1S/C27H31NO4.BrH/c1-25-22(29)11-13-27(31-3)21-17-19-9-10-20(30-2)24(32-25)23(19)26(25,27)14-16-28(21)15-12-18-7-5-4-6-8-18;/h4-10,21H,11-17H2,1-3H3;1H/t21-,25+,26+,27?;/m1./s1. The lowest BCUT2D eigenvalue weighted by molar-refractivity contribution is -0.220. The van der Waals surface area contributed by atoms with Crippen LogP contribution in [-0.4, -0.2) is 55.2 Å². The average Bonchev–Trinajstić information content (AvgIpc) is 3.10. The van der Waals surface area contributed by atoms with E-state index in [0.29, 0.717) is 6.42 Å². The summed E-state index contributed by atoms with van der Waals surface area (Å²) in [5, 5.41) is 0. The van der Waals surface area contributed by atoms with Gasteiger partial charge >= 0.3 is 0 Å². The maximum atomic E-state index is 13.5. The molecule has 2 aliphatic carbocycles. The second-order valence-corrected chi connectivity index (χ2v) is 9.93. The lowest BCUT2D eigenvalue weighted by Crippen LogP contribution is -2.80. The van der Waals surface area contributed by atoms with E-state index in [-0.39, 0.29) is 28.8 Å². The number of hydrogen-bond donors (Lipinski definition) is 0. The molecule has 6 rings (SSSR count). The minimum absolute atomic E-state index is 0. The molecular weight excluding hydrogens is 482 g/mol. The summed E-state index contributed by atoms with van der Waals surface area (Å²) in [6.07, 6.45) is 3.99. The van der Waals surface area contributed by atoms with E-state index in [2.05, 4.69) is 41.3 Å². The Balaban J connectivity index is 0.00000228. The van der Waals surface area contributed by atoms with Crippen molar-refractivity contribution in [3.05, 3.63) is 59.2 Å². The number of ether oxygens (including phenoxy) is 3. The van der Waals surface area contributed by atoms with Gasteiger partial charge < -0.3 is 14.2 Å². The molecule has 5 nitrogen and oxygen atoms in total. The number of Topliss-reactive ketones (excluding diaryl/α,β-unsaturated/α-hetero) is 1. The van der Waals surface area contributed by atoms with Crippen LogP contribution >= 0.6 is 17.0 Å². The molecule has 2 fully saturated rings. The van der Waals surface area contributed by atoms with Crippen LogP contribution in [0, 0.1) is 0 Å². The van der Waals surface area contributed by atoms with Gasteiger partial charge in [0.2, 0.25) is 0 Å². The van der Waals surface area contributed by atoms with Crippen molar-refractivity contribution in [1.82, 2.24) is 4.90 Å². The third-order valence-corrected chi connectivity index (χ3v) is 9.01. The highest BCUT2D eigenvalue weighted by Crippen LogP contribution is 2.69. The summed E-state index contributed by atoms with van der Waals surface area (Å²) in [5.41, 5.74) is 1.96. The molecule has 0 amide bonds. The Morgan fingerprint density at radius 2 is 1.91 bits per heavy atom. The first-order chi connectivity index (χ1) is 15.5. The fourth-order valence-corrected chi connectivity index (χ4v) is 7.58. The summed E-state index contributed by atoms with van der Waals surface area (Å²) in [4.78, 5) is 16.1. The Morgan fingerprint density at radius 1 is 1.12 bits per heavy atom. The largest absolute Gasteiger partial charge is 0.493 e. The van der Waals surface area contributed by atoms with Crippen LogP contribution in [0.4, 0.5) is 0 Å². The zero-order chi connectivity index (χ0) is 22.1. The van der Waals surface area contributed by atoms with Gasteiger partial charge in [0.05, 0.1) is 18.1 Å². The lowest BCUT2D eigenvalue weighted by Gasteiger charge is -2.66. The molecule has 33 heavy (non-hydrogen) atoms.